The van der Waals surface area contributed by atoms with E-state index in [-0.39, 0.29) is 5.91 Å². The topological polar surface area (TPSA) is 46.3 Å². The first kappa shape index (κ1) is 13.5. The summed E-state index contributed by atoms with van der Waals surface area (Å²) < 4.78 is 0. The molecule has 0 heterocycles. The van der Waals surface area contributed by atoms with Gasteiger partial charge in [0.2, 0.25) is 5.91 Å². The minimum atomic E-state index is -0.485. The van der Waals surface area contributed by atoms with Gasteiger partial charge < -0.3 is 10.6 Å². The number of hydrogen-bond acceptors (Lipinski definition) is 2. The summed E-state index contributed by atoms with van der Waals surface area (Å²) in [6, 6.07) is 7.55. The maximum atomic E-state index is 11.9. The number of nitrogens with two attached hydrogens (primary N) is 1. The predicted octanol–water partition coefficient (Wildman–Crippen LogP) is 1.86. The first-order chi connectivity index (χ1) is 8.06. The van der Waals surface area contributed by atoms with E-state index < -0.39 is 6.04 Å². The molecule has 0 bridgehead atoms. The van der Waals surface area contributed by atoms with Crippen molar-refractivity contribution >= 4 is 5.91 Å². The second-order valence-electron chi connectivity index (χ2n) is 4.25. The van der Waals surface area contributed by atoms with Crippen LogP contribution in [-0.2, 0) is 11.3 Å². The van der Waals surface area contributed by atoms with E-state index >= 15 is 0 Å². The van der Waals surface area contributed by atoms with E-state index in [2.05, 4.69) is 6.58 Å². The van der Waals surface area contributed by atoms with Gasteiger partial charge in [0.25, 0.3) is 0 Å². The van der Waals surface area contributed by atoms with Crippen molar-refractivity contribution in [3.8, 4) is 0 Å². The van der Waals surface area contributed by atoms with Gasteiger partial charge in [-0.05, 0) is 24.5 Å². The molecule has 17 heavy (non-hydrogen) atoms. The van der Waals surface area contributed by atoms with E-state index in [0.717, 1.165) is 5.56 Å². The van der Waals surface area contributed by atoms with Crippen LogP contribution in [0.25, 0.3) is 0 Å². The monoisotopic (exact) mass is 232 g/mol. The van der Waals surface area contributed by atoms with Crippen molar-refractivity contribution in [2.45, 2.75) is 25.9 Å². The van der Waals surface area contributed by atoms with Crippen LogP contribution in [0.3, 0.4) is 0 Å². The third kappa shape index (κ3) is 3.71. The summed E-state index contributed by atoms with van der Waals surface area (Å²) in [5.41, 5.74) is 8.09. The molecule has 0 fully saturated rings. The van der Waals surface area contributed by atoms with Crippen LogP contribution in [0.4, 0.5) is 0 Å². The normalized spacial score (nSPS) is 11.9. The zero-order valence-corrected chi connectivity index (χ0v) is 10.5. The highest BCUT2D eigenvalue weighted by Gasteiger charge is 2.16. The summed E-state index contributed by atoms with van der Waals surface area (Å²) >= 11 is 0. The number of rotatable bonds is 5. The lowest BCUT2D eigenvalue weighted by Crippen LogP contribution is -2.41. The summed E-state index contributed by atoms with van der Waals surface area (Å²) in [5.74, 6) is -0.0480. The Bertz CT molecular complexity index is 401. The first-order valence-corrected chi connectivity index (χ1v) is 5.72. The fraction of sp³-hybridized carbons (Fsp3) is 0.357. The average molecular weight is 232 g/mol. The number of carbonyl (C=O) groups excluding carboxylic acids is 1. The van der Waals surface area contributed by atoms with Gasteiger partial charge in [-0.2, -0.15) is 0 Å². The molecular weight excluding hydrogens is 212 g/mol. The SMILES string of the molecule is C=CCC(N)C(=O)N(C)Cc1ccccc1C. The van der Waals surface area contributed by atoms with Gasteiger partial charge in [-0.1, -0.05) is 30.3 Å². The Morgan fingerprint density at radius 1 is 1.53 bits per heavy atom. The zero-order valence-electron chi connectivity index (χ0n) is 10.5. The molecule has 1 aromatic carbocycles. The summed E-state index contributed by atoms with van der Waals surface area (Å²) in [6.07, 6.45) is 2.18. The van der Waals surface area contributed by atoms with Crippen molar-refractivity contribution in [3.05, 3.63) is 48.0 Å². The highest BCUT2D eigenvalue weighted by atomic mass is 16.2. The van der Waals surface area contributed by atoms with E-state index in [1.165, 1.54) is 5.56 Å². The van der Waals surface area contributed by atoms with Crippen molar-refractivity contribution in [2.75, 3.05) is 7.05 Å². The fourth-order valence-electron chi connectivity index (χ4n) is 1.68. The van der Waals surface area contributed by atoms with E-state index in [1.807, 2.05) is 31.2 Å². The van der Waals surface area contributed by atoms with Gasteiger partial charge in [0.15, 0.2) is 0 Å². The van der Waals surface area contributed by atoms with Gasteiger partial charge in [0.1, 0.15) is 0 Å². The van der Waals surface area contributed by atoms with Gasteiger partial charge in [-0.3, -0.25) is 4.79 Å². The minimum Gasteiger partial charge on any atom is -0.340 e. The number of hydrogen-bond donors (Lipinski definition) is 1. The molecule has 1 amide bonds. The van der Waals surface area contributed by atoms with Crippen LogP contribution in [0, 0.1) is 6.92 Å². The van der Waals surface area contributed by atoms with E-state index in [1.54, 1.807) is 18.0 Å². The smallest absolute Gasteiger partial charge is 0.239 e. The molecule has 0 spiro atoms. The molecule has 0 aliphatic carbocycles. The molecular formula is C14H20N2O. The fourth-order valence-corrected chi connectivity index (χ4v) is 1.68. The largest absolute Gasteiger partial charge is 0.340 e. The Hall–Kier alpha value is -1.61. The predicted molar refractivity (Wildman–Crippen MR) is 70.4 cm³/mol. The highest BCUT2D eigenvalue weighted by Crippen LogP contribution is 2.10. The first-order valence-electron chi connectivity index (χ1n) is 5.72. The summed E-state index contributed by atoms with van der Waals surface area (Å²) in [6.45, 7) is 6.22. The van der Waals surface area contributed by atoms with Gasteiger partial charge in [-0.25, -0.2) is 0 Å². The molecule has 0 aliphatic rings. The Morgan fingerprint density at radius 2 is 2.18 bits per heavy atom. The molecule has 2 N–H and O–H groups in total. The molecule has 0 saturated heterocycles. The van der Waals surface area contributed by atoms with Crippen LogP contribution < -0.4 is 5.73 Å². The summed E-state index contributed by atoms with van der Waals surface area (Å²) in [4.78, 5) is 13.6. The van der Waals surface area contributed by atoms with E-state index in [0.29, 0.717) is 13.0 Å². The average Bonchev–Trinajstić information content (AvgIpc) is 2.31. The second kappa shape index (κ2) is 6.21. The van der Waals surface area contributed by atoms with Crippen molar-refractivity contribution < 1.29 is 4.79 Å². The van der Waals surface area contributed by atoms with Crippen LogP contribution in [-0.4, -0.2) is 23.9 Å². The van der Waals surface area contributed by atoms with Crippen molar-refractivity contribution in [3.63, 3.8) is 0 Å². The summed E-state index contributed by atoms with van der Waals surface area (Å²) in [7, 11) is 1.78. The Labute approximate surface area is 103 Å². The Kier molecular flexibility index (Phi) is 4.91. The lowest BCUT2D eigenvalue weighted by molar-refractivity contribution is -0.131. The maximum absolute atomic E-state index is 11.9. The number of carbonyl (C=O) groups is 1. The number of benzene rings is 1. The maximum Gasteiger partial charge on any atom is 0.239 e. The molecule has 1 aromatic rings. The van der Waals surface area contributed by atoms with Crippen molar-refractivity contribution in [2.24, 2.45) is 5.73 Å². The molecule has 0 saturated carbocycles. The molecule has 3 heteroatoms. The Morgan fingerprint density at radius 3 is 2.76 bits per heavy atom. The number of aryl methyl sites for hydroxylation is 1. The van der Waals surface area contributed by atoms with Gasteiger partial charge >= 0.3 is 0 Å². The third-order valence-electron chi connectivity index (χ3n) is 2.78. The van der Waals surface area contributed by atoms with Crippen LogP contribution >= 0.6 is 0 Å². The van der Waals surface area contributed by atoms with Crippen LogP contribution in [0.2, 0.25) is 0 Å². The number of amides is 1. The number of nitrogens with zero attached hydrogens (tertiary/aromatic N) is 1. The molecule has 0 radical (unpaired) electrons. The standard InChI is InChI=1S/C14H20N2O/c1-4-7-13(15)14(17)16(3)10-12-9-6-5-8-11(12)2/h4-6,8-9,13H,1,7,10,15H2,2-3H3. The van der Waals surface area contributed by atoms with Crippen LogP contribution in [0.15, 0.2) is 36.9 Å². The molecule has 0 aliphatic heterocycles. The van der Waals surface area contributed by atoms with Crippen molar-refractivity contribution in [1.82, 2.24) is 4.90 Å². The molecule has 1 unspecified atom stereocenters. The van der Waals surface area contributed by atoms with Crippen molar-refractivity contribution in [1.29, 1.82) is 0 Å². The molecule has 1 atom stereocenters. The van der Waals surface area contributed by atoms with Gasteiger partial charge in [-0.15, -0.1) is 6.58 Å². The lowest BCUT2D eigenvalue weighted by Gasteiger charge is -2.21. The quantitative estimate of drug-likeness (QED) is 0.788. The van der Waals surface area contributed by atoms with Crippen LogP contribution in [0.5, 0.6) is 0 Å². The van der Waals surface area contributed by atoms with E-state index in [4.69, 9.17) is 5.73 Å². The molecule has 92 valence electrons. The molecule has 3 nitrogen and oxygen atoms in total. The molecule has 0 aromatic heterocycles. The highest BCUT2D eigenvalue weighted by molar-refractivity contribution is 5.81. The minimum absolute atomic E-state index is 0.0480. The summed E-state index contributed by atoms with van der Waals surface area (Å²) in [5, 5.41) is 0. The van der Waals surface area contributed by atoms with Gasteiger partial charge in [0.05, 0.1) is 6.04 Å². The number of likely N-dealkylation sites (N-methyl/N-ethyl adjacent to an activating group) is 1. The second-order valence-corrected chi connectivity index (χ2v) is 4.25. The zero-order chi connectivity index (χ0) is 12.8. The third-order valence-corrected chi connectivity index (χ3v) is 2.78. The van der Waals surface area contributed by atoms with E-state index in [9.17, 15) is 4.79 Å². The molecule has 1 rings (SSSR count). The lowest BCUT2D eigenvalue weighted by atomic mass is 10.1. The van der Waals surface area contributed by atoms with Gasteiger partial charge in [0, 0.05) is 13.6 Å². The van der Waals surface area contributed by atoms with Crippen LogP contribution in [0.1, 0.15) is 17.5 Å². The Balaban J connectivity index is 2.66.